The fraction of sp³-hybridized carbons (Fsp3) is 0.833. The summed E-state index contributed by atoms with van der Waals surface area (Å²) in [6, 6.07) is 0. The lowest BCUT2D eigenvalue weighted by atomic mass is 9.47. The van der Waals surface area contributed by atoms with Crippen LogP contribution in [0, 0.1) is 40.4 Å². The largest absolute Gasteiger partial charge is 0.458 e. The molecule has 7 atom stereocenters. The summed E-state index contributed by atoms with van der Waals surface area (Å²) in [5.74, 6) is 2.89. The average Bonchev–Trinajstić information content (AvgIpc) is 2.97. The second-order valence-electron chi connectivity index (χ2n) is 10.5. The lowest BCUT2D eigenvalue weighted by molar-refractivity contribution is -0.149. The minimum absolute atomic E-state index is 0.0317. The van der Waals surface area contributed by atoms with Gasteiger partial charge in [-0.2, -0.15) is 0 Å². The maximum absolute atomic E-state index is 12.8. The number of hydrogen-bond acceptors (Lipinski definition) is 3. The van der Waals surface area contributed by atoms with Crippen LogP contribution in [0.3, 0.4) is 0 Å². The molecule has 4 aliphatic rings. The second-order valence-corrected chi connectivity index (χ2v) is 10.5. The molecule has 3 fully saturated rings. The number of Topliss-reactive ketones (excluding diaryl/α,β-unsaturated/α-hetero) is 1. The van der Waals surface area contributed by atoms with Crippen molar-refractivity contribution in [3.8, 4) is 0 Å². The highest BCUT2D eigenvalue weighted by Gasteiger charge is 2.59. The number of fused-ring (bicyclic) bond motifs is 5. The van der Waals surface area contributed by atoms with Crippen LogP contribution < -0.4 is 0 Å². The number of allylic oxidation sites excluding steroid dienone is 2. The monoisotopic (exact) mass is 372 g/mol. The zero-order valence-electron chi connectivity index (χ0n) is 17.6. The average molecular weight is 373 g/mol. The Morgan fingerprint density at radius 1 is 1.11 bits per heavy atom. The van der Waals surface area contributed by atoms with Crippen LogP contribution in [-0.2, 0) is 14.3 Å². The Balaban J connectivity index is 1.55. The molecule has 3 saturated carbocycles. The van der Waals surface area contributed by atoms with Gasteiger partial charge in [0.25, 0.3) is 0 Å². The third-order valence-electron chi connectivity index (χ3n) is 9.16. The van der Waals surface area contributed by atoms with Crippen LogP contribution in [0.1, 0.15) is 79.1 Å². The van der Waals surface area contributed by atoms with Gasteiger partial charge in [0.2, 0.25) is 0 Å². The molecule has 0 aromatic carbocycles. The van der Waals surface area contributed by atoms with E-state index in [0.717, 1.165) is 30.6 Å². The molecule has 150 valence electrons. The summed E-state index contributed by atoms with van der Waals surface area (Å²) in [7, 11) is 0. The molecular formula is C24H36O3. The fourth-order valence-electron chi connectivity index (χ4n) is 7.65. The molecule has 0 heterocycles. The van der Waals surface area contributed by atoms with Crippen LogP contribution in [0.5, 0.6) is 0 Å². The third-order valence-corrected chi connectivity index (χ3v) is 9.16. The number of esters is 1. The lowest BCUT2D eigenvalue weighted by Crippen LogP contribution is -2.50. The topological polar surface area (TPSA) is 43.4 Å². The second kappa shape index (κ2) is 6.74. The zero-order chi connectivity index (χ0) is 19.4. The Morgan fingerprint density at radius 3 is 2.63 bits per heavy atom. The first-order chi connectivity index (χ1) is 12.8. The van der Waals surface area contributed by atoms with Crippen molar-refractivity contribution in [2.45, 2.75) is 79.1 Å². The lowest BCUT2D eigenvalue weighted by Gasteiger charge is -2.58. The molecule has 0 aromatic rings. The number of carbonyl (C=O) groups is 2. The van der Waals surface area contributed by atoms with E-state index in [0.29, 0.717) is 11.3 Å². The first-order valence-electron chi connectivity index (χ1n) is 11.1. The van der Waals surface area contributed by atoms with E-state index in [1.165, 1.54) is 45.4 Å². The van der Waals surface area contributed by atoms with Gasteiger partial charge in [0, 0.05) is 12.8 Å². The van der Waals surface area contributed by atoms with E-state index >= 15 is 0 Å². The van der Waals surface area contributed by atoms with Gasteiger partial charge >= 0.3 is 5.97 Å². The number of ether oxygens (including phenoxy) is 1. The predicted molar refractivity (Wildman–Crippen MR) is 106 cm³/mol. The standard InChI is InChI=1S/C24H36O3/c1-15-9-11-23(3)17(13-15)5-6-18-19-7-8-21(22(26)14-27-16(2)25)24(19,4)12-10-20(18)23/h5,15,18-21H,6-14H2,1-4H3. The Bertz CT molecular complexity index is 665. The van der Waals surface area contributed by atoms with Crippen molar-refractivity contribution in [3.63, 3.8) is 0 Å². The summed E-state index contributed by atoms with van der Waals surface area (Å²) in [6.45, 7) is 8.66. The van der Waals surface area contributed by atoms with Gasteiger partial charge in [0.1, 0.15) is 6.61 Å². The number of hydrogen-bond donors (Lipinski definition) is 0. The molecule has 0 spiro atoms. The van der Waals surface area contributed by atoms with Crippen molar-refractivity contribution in [1.29, 1.82) is 0 Å². The Morgan fingerprint density at radius 2 is 1.89 bits per heavy atom. The molecule has 4 aliphatic carbocycles. The summed E-state index contributed by atoms with van der Waals surface area (Å²) in [6.07, 6.45) is 12.4. The maximum Gasteiger partial charge on any atom is 0.303 e. The predicted octanol–water partition coefficient (Wildman–Crippen LogP) is 5.33. The quantitative estimate of drug-likeness (QED) is 0.496. The molecule has 3 heteroatoms. The zero-order valence-corrected chi connectivity index (χ0v) is 17.6. The van der Waals surface area contributed by atoms with E-state index in [1.807, 2.05) is 0 Å². The molecule has 27 heavy (non-hydrogen) atoms. The molecular weight excluding hydrogens is 336 g/mol. The minimum atomic E-state index is -0.351. The Hall–Kier alpha value is -1.12. The Labute approximate surface area is 164 Å². The van der Waals surface area contributed by atoms with Gasteiger partial charge in [0.05, 0.1) is 0 Å². The van der Waals surface area contributed by atoms with Crippen molar-refractivity contribution >= 4 is 11.8 Å². The molecule has 0 radical (unpaired) electrons. The molecule has 0 N–H and O–H groups in total. The van der Waals surface area contributed by atoms with Crippen LogP contribution in [0.15, 0.2) is 11.6 Å². The van der Waals surface area contributed by atoms with Crippen LogP contribution >= 0.6 is 0 Å². The van der Waals surface area contributed by atoms with Gasteiger partial charge in [-0.25, -0.2) is 0 Å². The van der Waals surface area contributed by atoms with Crippen LogP contribution in [0.25, 0.3) is 0 Å². The normalized spacial score (nSPS) is 45.9. The molecule has 3 nitrogen and oxygen atoms in total. The molecule has 0 saturated heterocycles. The molecule has 0 aromatic heterocycles. The van der Waals surface area contributed by atoms with E-state index in [9.17, 15) is 9.59 Å². The number of rotatable bonds is 3. The van der Waals surface area contributed by atoms with Gasteiger partial charge in [-0.3, -0.25) is 9.59 Å². The molecule has 4 rings (SSSR count). The molecule has 7 unspecified atom stereocenters. The van der Waals surface area contributed by atoms with Crippen LogP contribution in [0.4, 0.5) is 0 Å². The summed E-state index contributed by atoms with van der Waals surface area (Å²) >= 11 is 0. The summed E-state index contributed by atoms with van der Waals surface area (Å²) in [5.41, 5.74) is 2.24. The van der Waals surface area contributed by atoms with Crippen molar-refractivity contribution < 1.29 is 14.3 Å². The van der Waals surface area contributed by atoms with Crippen molar-refractivity contribution in [2.24, 2.45) is 40.4 Å². The van der Waals surface area contributed by atoms with Crippen LogP contribution in [0.2, 0.25) is 0 Å². The summed E-state index contributed by atoms with van der Waals surface area (Å²) in [5, 5.41) is 0. The first-order valence-corrected chi connectivity index (χ1v) is 11.1. The van der Waals surface area contributed by atoms with Crippen molar-refractivity contribution in [3.05, 3.63) is 11.6 Å². The van der Waals surface area contributed by atoms with E-state index in [1.54, 1.807) is 5.57 Å². The van der Waals surface area contributed by atoms with Gasteiger partial charge in [-0.15, -0.1) is 0 Å². The SMILES string of the molecule is CC(=O)OCC(=O)C1CCC2C3CC=C4CC(C)CCC4(C)C3CCC12C. The van der Waals surface area contributed by atoms with Gasteiger partial charge in [0.15, 0.2) is 5.78 Å². The van der Waals surface area contributed by atoms with Gasteiger partial charge in [-0.05, 0) is 85.9 Å². The van der Waals surface area contributed by atoms with E-state index in [2.05, 4.69) is 26.8 Å². The number of ketones is 1. The van der Waals surface area contributed by atoms with Crippen molar-refractivity contribution in [1.82, 2.24) is 0 Å². The highest BCUT2D eigenvalue weighted by molar-refractivity contribution is 5.85. The first kappa shape index (κ1) is 19.2. The molecule has 0 amide bonds. The third kappa shape index (κ3) is 3.00. The molecule has 0 aliphatic heterocycles. The summed E-state index contributed by atoms with van der Waals surface area (Å²) in [4.78, 5) is 23.9. The highest BCUT2D eigenvalue weighted by Crippen LogP contribution is 2.66. The minimum Gasteiger partial charge on any atom is -0.458 e. The van der Waals surface area contributed by atoms with E-state index in [-0.39, 0.29) is 29.7 Å². The summed E-state index contributed by atoms with van der Waals surface area (Å²) < 4.78 is 5.05. The van der Waals surface area contributed by atoms with Gasteiger partial charge in [-0.1, -0.05) is 32.4 Å². The fourth-order valence-corrected chi connectivity index (χ4v) is 7.65. The molecule has 0 bridgehead atoms. The van der Waals surface area contributed by atoms with Gasteiger partial charge < -0.3 is 4.74 Å². The van der Waals surface area contributed by atoms with Crippen LogP contribution in [-0.4, -0.2) is 18.4 Å². The highest BCUT2D eigenvalue weighted by atomic mass is 16.5. The Kier molecular flexibility index (Phi) is 4.79. The smallest absolute Gasteiger partial charge is 0.303 e. The van der Waals surface area contributed by atoms with E-state index in [4.69, 9.17) is 4.74 Å². The number of carbonyl (C=O) groups excluding carboxylic acids is 2. The van der Waals surface area contributed by atoms with E-state index < -0.39 is 0 Å². The maximum atomic E-state index is 12.8. The van der Waals surface area contributed by atoms with Crippen molar-refractivity contribution in [2.75, 3.05) is 6.61 Å².